The molecule has 1 aliphatic rings. The molecule has 2 aromatic heterocycles. The third-order valence-corrected chi connectivity index (χ3v) is 6.25. The van der Waals surface area contributed by atoms with E-state index in [1.807, 2.05) is 37.8 Å². The number of amides is 2. The molecule has 0 aromatic carbocycles. The van der Waals surface area contributed by atoms with Crippen LogP contribution in [-0.2, 0) is 4.79 Å². The van der Waals surface area contributed by atoms with E-state index in [4.69, 9.17) is 11.6 Å². The van der Waals surface area contributed by atoms with Gasteiger partial charge in [0.2, 0.25) is 5.91 Å². The Hall–Kier alpha value is -1.44. The largest absolute Gasteiger partial charge is 0.339 e. The Morgan fingerprint density at radius 2 is 1.76 bits per heavy atom. The molecule has 0 radical (unpaired) electrons. The Labute approximate surface area is 160 Å². The van der Waals surface area contributed by atoms with E-state index in [1.165, 1.54) is 22.7 Å². The van der Waals surface area contributed by atoms with Crippen LogP contribution in [0.2, 0.25) is 4.34 Å². The van der Waals surface area contributed by atoms with Crippen LogP contribution >= 0.6 is 34.3 Å². The molecule has 2 aromatic rings. The fourth-order valence-corrected chi connectivity index (χ4v) is 4.57. The fraction of sp³-hybridized carbons (Fsp3) is 0.471. The third kappa shape index (κ3) is 4.04. The van der Waals surface area contributed by atoms with Crippen LogP contribution in [0.25, 0.3) is 9.88 Å². The van der Waals surface area contributed by atoms with Crippen LogP contribution in [0.3, 0.4) is 0 Å². The lowest BCUT2D eigenvalue weighted by Gasteiger charge is -2.37. The summed E-state index contributed by atoms with van der Waals surface area (Å²) in [5.74, 6) is 0.0538. The van der Waals surface area contributed by atoms with Crippen molar-refractivity contribution in [3.05, 3.63) is 27.5 Å². The van der Waals surface area contributed by atoms with Crippen LogP contribution in [0.1, 0.15) is 31.3 Å². The topological polar surface area (TPSA) is 53.5 Å². The number of piperazine rings is 1. The van der Waals surface area contributed by atoms with Gasteiger partial charge in [-0.1, -0.05) is 32.4 Å². The minimum Gasteiger partial charge on any atom is -0.339 e. The fourth-order valence-electron chi connectivity index (χ4n) is 2.66. The normalized spacial score (nSPS) is 15.5. The molecule has 2 amide bonds. The number of aromatic nitrogens is 1. The number of thiazole rings is 1. The van der Waals surface area contributed by atoms with Gasteiger partial charge in [-0.3, -0.25) is 9.59 Å². The van der Waals surface area contributed by atoms with Gasteiger partial charge in [-0.05, 0) is 12.1 Å². The van der Waals surface area contributed by atoms with Crippen LogP contribution < -0.4 is 0 Å². The Morgan fingerprint density at radius 3 is 2.32 bits per heavy atom. The zero-order valence-corrected chi connectivity index (χ0v) is 16.8. The minimum atomic E-state index is -0.391. The molecule has 1 fully saturated rings. The van der Waals surface area contributed by atoms with Gasteiger partial charge in [-0.2, -0.15) is 0 Å². The van der Waals surface area contributed by atoms with Crippen molar-refractivity contribution >= 4 is 46.1 Å². The summed E-state index contributed by atoms with van der Waals surface area (Å²) in [6.07, 6.45) is 0. The van der Waals surface area contributed by atoms with Gasteiger partial charge in [0.15, 0.2) is 0 Å². The van der Waals surface area contributed by atoms with Crippen LogP contribution in [-0.4, -0.2) is 52.8 Å². The van der Waals surface area contributed by atoms with Crippen molar-refractivity contribution in [2.24, 2.45) is 5.41 Å². The first-order valence-corrected chi connectivity index (χ1v) is 10.1. The van der Waals surface area contributed by atoms with Crippen molar-refractivity contribution in [2.45, 2.75) is 20.8 Å². The molecule has 0 atom stereocenters. The molecule has 5 nitrogen and oxygen atoms in total. The molecule has 0 unspecified atom stereocenters. The lowest BCUT2D eigenvalue weighted by molar-refractivity contribution is -0.140. The van der Waals surface area contributed by atoms with Crippen molar-refractivity contribution in [3.8, 4) is 9.88 Å². The third-order valence-electron chi connectivity index (χ3n) is 4.00. The molecule has 0 spiro atoms. The zero-order valence-electron chi connectivity index (χ0n) is 14.4. The summed E-state index contributed by atoms with van der Waals surface area (Å²) in [5, 5.41) is 2.60. The van der Waals surface area contributed by atoms with E-state index in [1.54, 1.807) is 10.3 Å². The highest BCUT2D eigenvalue weighted by Crippen LogP contribution is 2.33. The quantitative estimate of drug-likeness (QED) is 0.773. The van der Waals surface area contributed by atoms with Crippen molar-refractivity contribution in [2.75, 3.05) is 26.2 Å². The molecule has 3 rings (SSSR count). The number of nitrogens with zero attached hydrogens (tertiary/aromatic N) is 3. The SMILES string of the molecule is CC(C)(C)C(=O)N1CCN(C(=O)c2csc(-c3ccc(Cl)s3)n2)CC1. The Bertz CT molecular complexity index is 786. The van der Waals surface area contributed by atoms with Crippen molar-refractivity contribution in [1.29, 1.82) is 0 Å². The maximum Gasteiger partial charge on any atom is 0.273 e. The molecule has 0 aliphatic carbocycles. The maximum atomic E-state index is 12.7. The Morgan fingerprint density at radius 1 is 1.12 bits per heavy atom. The van der Waals surface area contributed by atoms with Gasteiger partial charge in [0.1, 0.15) is 10.7 Å². The standard InChI is InChI=1S/C17H20ClN3O2S2/c1-17(2,3)16(23)21-8-6-20(7-9-21)15(22)11-10-24-14(19-11)12-4-5-13(18)25-12/h4-5,10H,6-9H2,1-3H3. The molecule has 1 saturated heterocycles. The van der Waals surface area contributed by atoms with Gasteiger partial charge in [-0.15, -0.1) is 22.7 Å². The summed E-state index contributed by atoms with van der Waals surface area (Å²) in [4.78, 5) is 34.0. The average molecular weight is 398 g/mol. The summed E-state index contributed by atoms with van der Waals surface area (Å²) >= 11 is 8.86. The number of rotatable bonds is 2. The Kier molecular flexibility index (Phi) is 5.18. The highest BCUT2D eigenvalue weighted by Gasteiger charge is 2.31. The van der Waals surface area contributed by atoms with Gasteiger partial charge in [0.05, 0.1) is 9.21 Å². The van der Waals surface area contributed by atoms with Crippen LogP contribution in [0.15, 0.2) is 17.5 Å². The molecule has 0 N–H and O–H groups in total. The first kappa shape index (κ1) is 18.4. The van der Waals surface area contributed by atoms with Gasteiger partial charge in [0.25, 0.3) is 5.91 Å². The molecular formula is C17H20ClN3O2S2. The van der Waals surface area contributed by atoms with Crippen LogP contribution in [0, 0.1) is 5.41 Å². The van der Waals surface area contributed by atoms with Gasteiger partial charge >= 0.3 is 0 Å². The number of halogens is 1. The summed E-state index contributed by atoms with van der Waals surface area (Å²) < 4.78 is 0.706. The highest BCUT2D eigenvalue weighted by molar-refractivity contribution is 7.23. The molecule has 0 bridgehead atoms. The molecule has 8 heteroatoms. The van der Waals surface area contributed by atoms with E-state index in [0.29, 0.717) is 36.2 Å². The van der Waals surface area contributed by atoms with Crippen LogP contribution in [0.4, 0.5) is 0 Å². The second-order valence-electron chi connectivity index (χ2n) is 6.98. The number of carbonyl (C=O) groups excluding carboxylic acids is 2. The van der Waals surface area contributed by atoms with Gasteiger partial charge in [0, 0.05) is 37.0 Å². The molecule has 1 aliphatic heterocycles. The number of carbonyl (C=O) groups is 2. The van der Waals surface area contributed by atoms with E-state index >= 15 is 0 Å². The summed E-state index contributed by atoms with van der Waals surface area (Å²) in [6, 6.07) is 3.74. The number of hydrogen-bond donors (Lipinski definition) is 0. The second-order valence-corrected chi connectivity index (χ2v) is 9.55. The predicted octanol–water partition coefficient (Wildman–Crippen LogP) is 3.86. The van der Waals surface area contributed by atoms with E-state index in [2.05, 4.69) is 4.98 Å². The van der Waals surface area contributed by atoms with E-state index in [-0.39, 0.29) is 11.8 Å². The zero-order chi connectivity index (χ0) is 18.2. The first-order valence-electron chi connectivity index (χ1n) is 8.05. The van der Waals surface area contributed by atoms with Gasteiger partial charge in [-0.25, -0.2) is 4.98 Å². The van der Waals surface area contributed by atoms with Crippen molar-refractivity contribution in [1.82, 2.24) is 14.8 Å². The lowest BCUT2D eigenvalue weighted by Crippen LogP contribution is -2.53. The molecule has 0 saturated carbocycles. The van der Waals surface area contributed by atoms with Gasteiger partial charge < -0.3 is 9.80 Å². The molecular weight excluding hydrogens is 378 g/mol. The first-order chi connectivity index (χ1) is 11.8. The summed E-state index contributed by atoms with van der Waals surface area (Å²) in [7, 11) is 0. The number of thiophene rings is 1. The highest BCUT2D eigenvalue weighted by atomic mass is 35.5. The average Bonchev–Trinajstić information content (AvgIpc) is 3.21. The monoisotopic (exact) mass is 397 g/mol. The number of hydrogen-bond acceptors (Lipinski definition) is 5. The molecule has 134 valence electrons. The van der Waals surface area contributed by atoms with Crippen molar-refractivity contribution < 1.29 is 9.59 Å². The summed E-state index contributed by atoms with van der Waals surface area (Å²) in [5.41, 5.74) is 0.0675. The lowest BCUT2D eigenvalue weighted by atomic mass is 9.94. The Balaban J connectivity index is 1.63. The minimum absolute atomic E-state index is 0.0759. The van der Waals surface area contributed by atoms with E-state index in [0.717, 1.165) is 9.88 Å². The van der Waals surface area contributed by atoms with E-state index in [9.17, 15) is 9.59 Å². The molecule has 3 heterocycles. The summed E-state index contributed by atoms with van der Waals surface area (Å²) in [6.45, 7) is 7.97. The second kappa shape index (κ2) is 7.05. The van der Waals surface area contributed by atoms with E-state index < -0.39 is 5.41 Å². The van der Waals surface area contributed by atoms with Crippen molar-refractivity contribution in [3.63, 3.8) is 0 Å². The van der Waals surface area contributed by atoms with Crippen LogP contribution in [0.5, 0.6) is 0 Å². The maximum absolute atomic E-state index is 12.7. The smallest absolute Gasteiger partial charge is 0.273 e. The molecule has 25 heavy (non-hydrogen) atoms. The predicted molar refractivity (Wildman–Crippen MR) is 102 cm³/mol.